The van der Waals surface area contributed by atoms with Gasteiger partial charge in [0.15, 0.2) is 29.8 Å². The van der Waals surface area contributed by atoms with Gasteiger partial charge in [0.05, 0.1) is 12.7 Å². The normalized spacial score (nSPS) is 20.5. The van der Waals surface area contributed by atoms with E-state index >= 15 is 0 Å². The van der Waals surface area contributed by atoms with Crippen LogP contribution >= 0.6 is 0 Å². The highest BCUT2D eigenvalue weighted by Gasteiger charge is 2.43. The van der Waals surface area contributed by atoms with Crippen molar-refractivity contribution >= 4 is 17.9 Å². The third kappa shape index (κ3) is 5.57. The third-order valence-electron chi connectivity index (χ3n) is 7.54. The van der Waals surface area contributed by atoms with Gasteiger partial charge in [0.2, 0.25) is 12.7 Å². The minimum absolute atomic E-state index is 0.0294. The molecule has 0 spiro atoms. The number of benzene rings is 1. The molecule has 9 nitrogen and oxygen atoms in total. The lowest BCUT2D eigenvalue weighted by Crippen LogP contribution is -2.44. The van der Waals surface area contributed by atoms with E-state index in [9.17, 15) is 9.59 Å². The van der Waals surface area contributed by atoms with E-state index in [1.54, 1.807) is 12.5 Å². The van der Waals surface area contributed by atoms with Crippen molar-refractivity contribution in [2.45, 2.75) is 44.6 Å². The van der Waals surface area contributed by atoms with E-state index in [2.05, 4.69) is 16.8 Å². The largest absolute Gasteiger partial charge is 0.454 e. The summed E-state index contributed by atoms with van der Waals surface area (Å²) in [6.45, 7) is 3.79. The number of hydrogen-bond acceptors (Lipinski definition) is 7. The summed E-state index contributed by atoms with van der Waals surface area (Å²) < 4.78 is 18.5. The number of oxazole rings is 1. The molecule has 2 aromatic heterocycles. The van der Waals surface area contributed by atoms with Crippen molar-refractivity contribution in [2.75, 3.05) is 31.3 Å². The predicted octanol–water partition coefficient (Wildman–Crippen LogP) is 3.28. The molecule has 2 aliphatic rings. The first kappa shape index (κ1) is 25.9. The quantitative estimate of drug-likeness (QED) is 0.284. The average Bonchev–Trinajstić information content (AvgIpc) is 3.67. The van der Waals surface area contributed by atoms with Crippen LogP contribution in [0.25, 0.3) is 0 Å². The Kier molecular flexibility index (Phi) is 8.03. The van der Waals surface area contributed by atoms with Gasteiger partial charge in [0, 0.05) is 43.5 Å². The number of fused-ring (bicyclic) bond motifs is 1. The summed E-state index contributed by atoms with van der Waals surface area (Å²) >= 11 is 0. The summed E-state index contributed by atoms with van der Waals surface area (Å²) in [5.41, 5.74) is 1.89. The molecule has 0 saturated carbocycles. The second-order valence-corrected chi connectivity index (χ2v) is 10.0. The van der Waals surface area contributed by atoms with Crippen LogP contribution < -0.4 is 18.9 Å². The van der Waals surface area contributed by atoms with Gasteiger partial charge in [-0.25, -0.2) is 9.55 Å². The summed E-state index contributed by atoms with van der Waals surface area (Å²) in [4.78, 5) is 34.6. The van der Waals surface area contributed by atoms with E-state index in [4.69, 9.17) is 13.9 Å². The molecule has 4 heterocycles. The Balaban J connectivity index is 1.41. The maximum absolute atomic E-state index is 13.8. The number of aromatic nitrogens is 2. The van der Waals surface area contributed by atoms with Crippen LogP contribution in [0.15, 0.2) is 59.6 Å². The Morgan fingerprint density at radius 3 is 2.89 bits per heavy atom. The molecule has 1 aromatic carbocycles. The van der Waals surface area contributed by atoms with Gasteiger partial charge in [-0.05, 0) is 36.6 Å². The first-order chi connectivity index (χ1) is 18.6. The van der Waals surface area contributed by atoms with Crippen LogP contribution in [0.4, 0.5) is 5.69 Å². The molecule has 1 amide bonds. The average molecular weight is 520 g/mol. The van der Waals surface area contributed by atoms with Gasteiger partial charge < -0.3 is 23.6 Å². The summed E-state index contributed by atoms with van der Waals surface area (Å²) in [6.07, 6.45) is 11.3. The fraction of sp³-hybridized carbons (Fsp3) is 0.448. The predicted molar refractivity (Wildman–Crippen MR) is 140 cm³/mol. The minimum Gasteiger partial charge on any atom is -0.454 e. The van der Waals surface area contributed by atoms with Crippen LogP contribution in [-0.2, 0) is 23.1 Å². The first-order valence-electron chi connectivity index (χ1n) is 13.3. The van der Waals surface area contributed by atoms with E-state index in [1.807, 2.05) is 59.2 Å². The second-order valence-electron chi connectivity index (χ2n) is 10.0. The van der Waals surface area contributed by atoms with Crippen LogP contribution in [0.5, 0.6) is 11.5 Å². The zero-order valence-corrected chi connectivity index (χ0v) is 22.0. The molecule has 3 aromatic rings. The summed E-state index contributed by atoms with van der Waals surface area (Å²) in [5, 5.41) is 0. The highest BCUT2D eigenvalue weighted by atomic mass is 16.7. The van der Waals surface area contributed by atoms with E-state index in [-0.39, 0.29) is 37.1 Å². The van der Waals surface area contributed by atoms with Crippen molar-refractivity contribution in [1.29, 1.82) is 0 Å². The molecule has 5 rings (SSSR count). The van der Waals surface area contributed by atoms with Crippen molar-refractivity contribution in [1.82, 2.24) is 9.88 Å². The van der Waals surface area contributed by atoms with Gasteiger partial charge in [0.1, 0.15) is 25.3 Å². The lowest BCUT2D eigenvalue weighted by molar-refractivity contribution is -0.670. The molecule has 3 atom stereocenters. The van der Waals surface area contributed by atoms with Crippen molar-refractivity contribution in [3.8, 4) is 11.5 Å². The SMILES string of the molecule is CCCCN(C(=O)CN1C[C@H](c2ccc3c(c2)OCO3)[C@@H](C=O)[C@@H]1CCc1ncco1)c1ccc[n+](C)c1. The Bertz CT molecular complexity index is 1250. The number of carbonyl (C=O) groups excluding carboxylic acids is 2. The number of unbranched alkanes of at least 4 members (excludes halogenated alkanes) is 1. The van der Waals surface area contributed by atoms with E-state index in [1.165, 1.54) is 0 Å². The van der Waals surface area contributed by atoms with Crippen molar-refractivity contribution in [3.63, 3.8) is 0 Å². The number of amides is 1. The third-order valence-corrected chi connectivity index (χ3v) is 7.54. The molecule has 200 valence electrons. The van der Waals surface area contributed by atoms with Gasteiger partial charge in [-0.1, -0.05) is 19.4 Å². The number of aryl methyl sites for hydroxylation is 2. The highest BCUT2D eigenvalue weighted by Crippen LogP contribution is 2.42. The second kappa shape index (κ2) is 11.8. The molecule has 2 aliphatic heterocycles. The molecule has 1 saturated heterocycles. The zero-order valence-electron chi connectivity index (χ0n) is 22.0. The molecule has 0 aliphatic carbocycles. The number of nitrogens with zero attached hydrogens (tertiary/aromatic N) is 4. The Labute approximate surface area is 223 Å². The fourth-order valence-electron chi connectivity index (χ4n) is 5.59. The molecule has 0 unspecified atom stereocenters. The van der Waals surface area contributed by atoms with Crippen LogP contribution in [0, 0.1) is 5.92 Å². The van der Waals surface area contributed by atoms with Crippen molar-refractivity contribution < 1.29 is 28.0 Å². The molecule has 0 bridgehead atoms. The van der Waals surface area contributed by atoms with Crippen LogP contribution in [0.1, 0.15) is 43.6 Å². The lowest BCUT2D eigenvalue weighted by Gasteiger charge is -2.29. The van der Waals surface area contributed by atoms with Gasteiger partial charge in [-0.15, -0.1) is 0 Å². The molecule has 38 heavy (non-hydrogen) atoms. The number of carbonyl (C=O) groups is 2. The topological polar surface area (TPSA) is 89.0 Å². The smallest absolute Gasteiger partial charge is 0.241 e. The molecule has 0 radical (unpaired) electrons. The highest BCUT2D eigenvalue weighted by molar-refractivity contribution is 5.94. The number of pyridine rings is 1. The fourth-order valence-corrected chi connectivity index (χ4v) is 5.59. The summed E-state index contributed by atoms with van der Waals surface area (Å²) in [7, 11) is 1.95. The van der Waals surface area contributed by atoms with Crippen molar-refractivity contribution in [3.05, 3.63) is 66.6 Å². The number of rotatable bonds is 11. The minimum atomic E-state index is -0.281. The Morgan fingerprint density at radius 1 is 1.26 bits per heavy atom. The van der Waals surface area contributed by atoms with Gasteiger partial charge in [0.25, 0.3) is 0 Å². The molecule has 9 heteroatoms. The van der Waals surface area contributed by atoms with E-state index < -0.39 is 0 Å². The number of ether oxygens (including phenoxy) is 2. The molecular formula is C29H35N4O5+. The van der Waals surface area contributed by atoms with Gasteiger partial charge >= 0.3 is 0 Å². The first-order valence-corrected chi connectivity index (χ1v) is 13.3. The van der Waals surface area contributed by atoms with E-state index in [0.29, 0.717) is 43.3 Å². The standard InChI is InChI=1S/C29H35N4O5/c1-3-4-13-33(22-6-5-12-31(2)16-22)29(35)18-32-17-23(21-7-9-26-27(15-21)38-20-37-26)24(19-34)25(32)8-10-28-30-11-14-36-28/h5-7,9,11-12,14-16,19,23-25H,3-4,8,10,13,17-18,20H2,1-2H3/q+1/t23-,24-,25+/m1/s1. The Morgan fingerprint density at radius 2 is 2.13 bits per heavy atom. The maximum Gasteiger partial charge on any atom is 0.241 e. The zero-order chi connectivity index (χ0) is 26.5. The van der Waals surface area contributed by atoms with Crippen LogP contribution in [-0.4, -0.2) is 54.5 Å². The maximum atomic E-state index is 13.8. The lowest BCUT2D eigenvalue weighted by atomic mass is 9.84. The van der Waals surface area contributed by atoms with Crippen LogP contribution in [0.2, 0.25) is 0 Å². The van der Waals surface area contributed by atoms with Gasteiger partial charge in [-0.3, -0.25) is 9.69 Å². The van der Waals surface area contributed by atoms with E-state index in [0.717, 1.165) is 30.4 Å². The Hall–Kier alpha value is -3.72. The van der Waals surface area contributed by atoms with Crippen LogP contribution in [0.3, 0.4) is 0 Å². The summed E-state index contributed by atoms with van der Waals surface area (Å²) in [6, 6.07) is 9.67. The molecule has 0 N–H and O–H groups in total. The number of hydrogen-bond donors (Lipinski definition) is 0. The molecule has 1 fully saturated rings. The monoisotopic (exact) mass is 519 g/mol. The summed E-state index contributed by atoms with van der Waals surface area (Å²) in [5.74, 6) is 1.72. The molecular weight excluding hydrogens is 484 g/mol. The number of aldehydes is 1. The van der Waals surface area contributed by atoms with Crippen molar-refractivity contribution in [2.24, 2.45) is 13.0 Å². The van der Waals surface area contributed by atoms with Gasteiger partial charge in [-0.2, -0.15) is 0 Å². The number of likely N-dealkylation sites (tertiary alicyclic amines) is 1. The number of anilines is 1.